The monoisotopic (exact) mass is 396 g/mol. The van der Waals surface area contributed by atoms with Crippen LogP contribution in [0.25, 0.3) is 0 Å². The first-order valence-corrected chi connectivity index (χ1v) is 8.82. The van der Waals surface area contributed by atoms with E-state index in [1.165, 1.54) is 0 Å². The molecule has 0 aliphatic heterocycles. The van der Waals surface area contributed by atoms with Gasteiger partial charge in [0.15, 0.2) is 12.4 Å². The fourth-order valence-electron chi connectivity index (χ4n) is 2.65. The van der Waals surface area contributed by atoms with Crippen molar-refractivity contribution in [3.05, 3.63) is 102 Å². The molecule has 0 bridgehead atoms. The van der Waals surface area contributed by atoms with E-state index in [2.05, 4.69) is 10.6 Å². The van der Waals surface area contributed by atoms with Crippen molar-refractivity contribution in [2.45, 2.75) is 19.6 Å². The maximum Gasteiger partial charge on any atom is 0.286 e. The molecule has 2 N–H and O–H groups in total. The molecule has 0 atom stereocenters. The van der Waals surface area contributed by atoms with Crippen molar-refractivity contribution in [1.29, 1.82) is 0 Å². The molecule has 6 heteroatoms. The fraction of sp³-hybridized carbons (Fsp3) is 0.136. The number of aromatic nitrogens is 1. The van der Waals surface area contributed by atoms with Crippen molar-refractivity contribution < 1.29 is 14.2 Å². The molecule has 2 amide bonds. The molecule has 0 spiro atoms. The Hall–Kier alpha value is -3.18. The van der Waals surface area contributed by atoms with Gasteiger partial charge in [-0.3, -0.25) is 9.59 Å². The number of amides is 2. The zero-order chi connectivity index (χ0) is 18.9. The molecule has 3 rings (SSSR count). The van der Waals surface area contributed by atoms with E-state index in [9.17, 15) is 9.59 Å². The van der Waals surface area contributed by atoms with Crippen LogP contribution in [0.3, 0.4) is 0 Å². The third-order valence-electron chi connectivity index (χ3n) is 4.08. The Kier molecular flexibility index (Phi) is 8.18. The van der Waals surface area contributed by atoms with E-state index < -0.39 is 0 Å². The van der Waals surface area contributed by atoms with Gasteiger partial charge in [-0.1, -0.05) is 60.7 Å². The van der Waals surface area contributed by atoms with Gasteiger partial charge in [-0.15, -0.1) is 12.4 Å². The summed E-state index contributed by atoms with van der Waals surface area (Å²) in [5, 5.41) is 5.77. The molecule has 5 nitrogen and oxygen atoms in total. The summed E-state index contributed by atoms with van der Waals surface area (Å²) in [5.41, 5.74) is 2.60. The van der Waals surface area contributed by atoms with E-state index in [1.807, 2.05) is 60.7 Å². The van der Waals surface area contributed by atoms with Gasteiger partial charge in [-0.2, -0.15) is 4.57 Å². The summed E-state index contributed by atoms with van der Waals surface area (Å²) >= 11 is 0. The highest BCUT2D eigenvalue weighted by atomic mass is 35.5. The summed E-state index contributed by atoms with van der Waals surface area (Å²) in [4.78, 5) is 24.5. The highest BCUT2D eigenvalue weighted by molar-refractivity contribution is 5.93. The molecule has 3 aromatic rings. The summed E-state index contributed by atoms with van der Waals surface area (Å²) < 4.78 is 1.71. The van der Waals surface area contributed by atoms with Crippen LogP contribution in [0.15, 0.2) is 85.2 Å². The predicted octanol–water partition coefficient (Wildman–Crippen LogP) is 2.64. The second-order valence-corrected chi connectivity index (χ2v) is 6.20. The second-order valence-electron chi connectivity index (χ2n) is 6.20. The Morgan fingerprint density at radius 3 is 1.93 bits per heavy atom. The van der Waals surface area contributed by atoms with Crippen molar-refractivity contribution in [2.24, 2.45) is 0 Å². The number of halogens is 1. The van der Waals surface area contributed by atoms with Crippen molar-refractivity contribution in [3.8, 4) is 0 Å². The lowest BCUT2D eigenvalue weighted by molar-refractivity contribution is -0.684. The second kappa shape index (κ2) is 10.8. The molecule has 1 heterocycles. The maximum atomic E-state index is 12.3. The number of rotatable bonds is 7. The van der Waals surface area contributed by atoms with E-state index >= 15 is 0 Å². The lowest BCUT2D eigenvalue weighted by atomic mass is 10.2. The number of carbonyl (C=O) groups is 2. The zero-order valence-electron chi connectivity index (χ0n) is 15.4. The van der Waals surface area contributed by atoms with Gasteiger partial charge in [0.25, 0.3) is 11.8 Å². The molecular weight excluding hydrogens is 374 g/mol. The van der Waals surface area contributed by atoms with Crippen LogP contribution in [0.1, 0.15) is 21.5 Å². The van der Waals surface area contributed by atoms with Crippen molar-refractivity contribution in [3.63, 3.8) is 0 Å². The average molecular weight is 397 g/mol. The van der Waals surface area contributed by atoms with E-state index in [0.717, 1.165) is 11.1 Å². The Morgan fingerprint density at radius 2 is 1.32 bits per heavy atom. The van der Waals surface area contributed by atoms with Crippen LogP contribution in [0.4, 0.5) is 0 Å². The molecule has 1 aromatic heterocycles. The summed E-state index contributed by atoms with van der Waals surface area (Å²) in [6, 6.07) is 23.0. The lowest BCUT2D eigenvalue weighted by Gasteiger charge is -2.06. The van der Waals surface area contributed by atoms with Crippen LogP contribution in [-0.4, -0.2) is 11.8 Å². The van der Waals surface area contributed by atoms with Crippen LogP contribution in [-0.2, 0) is 24.4 Å². The lowest BCUT2D eigenvalue weighted by Crippen LogP contribution is -2.43. The minimum atomic E-state index is -0.169. The van der Waals surface area contributed by atoms with Crippen molar-refractivity contribution >= 4 is 24.2 Å². The van der Waals surface area contributed by atoms with Crippen molar-refractivity contribution in [1.82, 2.24) is 10.6 Å². The molecule has 144 valence electrons. The third-order valence-corrected chi connectivity index (χ3v) is 4.08. The highest BCUT2D eigenvalue weighted by Crippen LogP contribution is 2.00. The van der Waals surface area contributed by atoms with E-state index in [1.54, 1.807) is 29.1 Å². The number of hydrogen-bond donors (Lipinski definition) is 2. The van der Waals surface area contributed by atoms with Gasteiger partial charge >= 0.3 is 0 Å². The van der Waals surface area contributed by atoms with Gasteiger partial charge in [0, 0.05) is 19.2 Å². The molecule has 0 fully saturated rings. The predicted molar refractivity (Wildman–Crippen MR) is 110 cm³/mol. The highest BCUT2D eigenvalue weighted by Gasteiger charge is 2.13. The number of nitrogens with one attached hydrogen (secondary N) is 2. The largest absolute Gasteiger partial charge is 0.348 e. The van der Waals surface area contributed by atoms with Crippen LogP contribution in [0, 0.1) is 0 Å². The number of hydrogen-bond acceptors (Lipinski definition) is 2. The summed E-state index contributed by atoms with van der Waals surface area (Å²) in [6.07, 6.45) is 3.46. The Morgan fingerprint density at radius 1 is 0.750 bits per heavy atom. The van der Waals surface area contributed by atoms with Gasteiger partial charge < -0.3 is 10.6 Å². The topological polar surface area (TPSA) is 62.1 Å². The fourth-order valence-corrected chi connectivity index (χ4v) is 2.65. The van der Waals surface area contributed by atoms with Gasteiger partial charge in [0.05, 0.1) is 0 Å². The first-order chi connectivity index (χ1) is 13.2. The summed E-state index contributed by atoms with van der Waals surface area (Å²) in [7, 11) is 0. The summed E-state index contributed by atoms with van der Waals surface area (Å²) in [6.45, 7) is 1.11. The molecule has 0 saturated carbocycles. The molecule has 0 unspecified atom stereocenters. The first kappa shape index (κ1) is 21.1. The molecule has 2 aromatic carbocycles. The minimum absolute atomic E-state index is 0. The van der Waals surface area contributed by atoms with Crippen LogP contribution >= 0.6 is 12.4 Å². The quantitative estimate of drug-likeness (QED) is 0.603. The normalized spacial score (nSPS) is 9.86. The number of carbonyl (C=O) groups excluding carboxylic acids is 2. The van der Waals surface area contributed by atoms with Crippen LogP contribution < -0.4 is 15.2 Å². The van der Waals surface area contributed by atoms with Crippen LogP contribution in [0.5, 0.6) is 0 Å². The number of nitrogens with zero attached hydrogens (tertiary/aromatic N) is 1. The van der Waals surface area contributed by atoms with Crippen molar-refractivity contribution in [2.75, 3.05) is 0 Å². The van der Waals surface area contributed by atoms with Gasteiger partial charge in [0.1, 0.15) is 5.56 Å². The molecular formula is C22H23ClN3O2+. The zero-order valence-corrected chi connectivity index (χ0v) is 16.2. The van der Waals surface area contributed by atoms with E-state index in [4.69, 9.17) is 0 Å². The van der Waals surface area contributed by atoms with Gasteiger partial charge in [0.2, 0.25) is 6.54 Å². The minimum Gasteiger partial charge on any atom is -0.348 e. The molecule has 0 aliphatic rings. The smallest absolute Gasteiger partial charge is 0.286 e. The summed E-state index contributed by atoms with van der Waals surface area (Å²) in [5.74, 6) is -0.274. The SMILES string of the molecule is Cl.O=C(C[n+]1cccc(C(=O)NCc2ccccc2)c1)NCc1ccccc1. The molecule has 0 aliphatic carbocycles. The number of pyridine rings is 1. The standard InChI is InChI=1S/C22H21N3O2.ClH/c26-21(23-14-18-8-3-1-4-9-18)17-25-13-7-12-20(16-25)22(27)24-15-19-10-5-2-6-11-19;/h1-13,16H,14-15,17H2,(H-,23,24,26,27);1H/p+1. The van der Waals surface area contributed by atoms with E-state index in [-0.39, 0.29) is 30.8 Å². The average Bonchev–Trinajstić information content (AvgIpc) is 2.72. The molecule has 0 saturated heterocycles. The molecule has 28 heavy (non-hydrogen) atoms. The van der Waals surface area contributed by atoms with E-state index in [0.29, 0.717) is 18.7 Å². The first-order valence-electron chi connectivity index (χ1n) is 8.82. The molecule has 0 radical (unpaired) electrons. The number of benzene rings is 2. The third kappa shape index (κ3) is 6.52. The Balaban J connectivity index is 0.00000280. The van der Waals surface area contributed by atoms with Gasteiger partial charge in [-0.05, 0) is 17.2 Å². The maximum absolute atomic E-state index is 12.3. The Bertz CT molecular complexity index is 902. The van der Waals surface area contributed by atoms with Crippen LogP contribution in [0.2, 0.25) is 0 Å². The van der Waals surface area contributed by atoms with Gasteiger partial charge in [-0.25, -0.2) is 0 Å². The Labute approximate surface area is 170 Å².